The molecule has 1 aliphatic rings. The molecule has 1 amide bonds. The second-order valence-corrected chi connectivity index (χ2v) is 7.57. The van der Waals surface area contributed by atoms with Crippen LogP contribution in [0.1, 0.15) is 27.2 Å². The molecule has 114 valence electrons. The molecule has 5 heteroatoms. The van der Waals surface area contributed by atoms with Crippen LogP contribution in [-0.4, -0.2) is 44.4 Å². The van der Waals surface area contributed by atoms with Crippen LogP contribution in [0.25, 0.3) is 0 Å². The Morgan fingerprint density at radius 1 is 1.43 bits per heavy atom. The number of ether oxygens (including phenoxy) is 1. The van der Waals surface area contributed by atoms with E-state index in [-0.39, 0.29) is 12.1 Å². The van der Waals surface area contributed by atoms with Crippen LogP contribution in [0.5, 0.6) is 0 Å². The van der Waals surface area contributed by atoms with Crippen molar-refractivity contribution in [3.8, 4) is 0 Å². The maximum atomic E-state index is 12.0. The van der Waals surface area contributed by atoms with Crippen molar-refractivity contribution in [2.24, 2.45) is 11.0 Å². The number of nitrogens with zero attached hydrogens (tertiary/aromatic N) is 2. The van der Waals surface area contributed by atoms with Gasteiger partial charge in [0.2, 0.25) is 0 Å². The molecule has 1 atom stereocenters. The van der Waals surface area contributed by atoms with Crippen LogP contribution >= 0.6 is 0 Å². The second-order valence-electron chi connectivity index (χ2n) is 5.27. The van der Waals surface area contributed by atoms with E-state index < -0.39 is 0 Å². The first-order chi connectivity index (χ1) is 10.1. The Morgan fingerprint density at radius 2 is 2.14 bits per heavy atom. The summed E-state index contributed by atoms with van der Waals surface area (Å²) in [5, 5.41) is 7.01. The van der Waals surface area contributed by atoms with Gasteiger partial charge in [0.05, 0.1) is 0 Å². The summed E-state index contributed by atoms with van der Waals surface area (Å²) in [4.78, 5) is 12.0. The van der Waals surface area contributed by atoms with E-state index in [0.717, 1.165) is 17.5 Å². The molecule has 2 rings (SSSR count). The molecule has 0 radical (unpaired) electrons. The van der Waals surface area contributed by atoms with Gasteiger partial charge in [0.1, 0.15) is 0 Å². The van der Waals surface area contributed by atoms with E-state index in [0.29, 0.717) is 27.5 Å². The van der Waals surface area contributed by atoms with E-state index in [2.05, 4.69) is 43.2 Å². The molecule has 1 unspecified atom stereocenters. The van der Waals surface area contributed by atoms with Crippen LogP contribution in [-0.2, 0) is 4.74 Å². The quantitative estimate of drug-likeness (QED) is 0.764. The van der Waals surface area contributed by atoms with Gasteiger partial charge in [-0.15, -0.1) is 0 Å². The number of hydrazone groups is 1. The van der Waals surface area contributed by atoms with E-state index in [1.165, 1.54) is 4.46 Å². The molecule has 1 heterocycles. The standard InChI is InChI=1S/C16H22N2O2Se/c1-4-20-16(19)18-13(10-15(17-18)12(2)3)11-21-14-8-6-5-7-9-14/h5-9,12-13H,4,10-11H2,1-3H3. The Labute approximate surface area is 132 Å². The van der Waals surface area contributed by atoms with Gasteiger partial charge < -0.3 is 0 Å². The molecule has 0 aliphatic carbocycles. The first-order valence-corrected chi connectivity index (χ1v) is 9.39. The zero-order valence-electron chi connectivity index (χ0n) is 12.8. The summed E-state index contributed by atoms with van der Waals surface area (Å²) >= 11 is 0.346. The topological polar surface area (TPSA) is 41.9 Å². The van der Waals surface area contributed by atoms with E-state index in [9.17, 15) is 4.79 Å². The molecule has 0 fully saturated rings. The fourth-order valence-corrected chi connectivity index (χ4v) is 4.24. The fraction of sp³-hybridized carbons (Fsp3) is 0.500. The fourth-order valence-electron chi connectivity index (χ4n) is 2.16. The summed E-state index contributed by atoms with van der Waals surface area (Å²) in [5.41, 5.74) is 1.09. The van der Waals surface area contributed by atoms with Crippen molar-refractivity contribution in [3.63, 3.8) is 0 Å². The van der Waals surface area contributed by atoms with Gasteiger partial charge in [0.25, 0.3) is 0 Å². The van der Waals surface area contributed by atoms with Crippen LogP contribution < -0.4 is 4.46 Å². The number of carbonyl (C=O) groups is 1. The summed E-state index contributed by atoms with van der Waals surface area (Å²) in [6.45, 7) is 6.45. The molecule has 0 bridgehead atoms. The Hall–Kier alpha value is -1.32. The third kappa shape index (κ3) is 4.32. The number of amides is 1. The molecule has 4 nitrogen and oxygen atoms in total. The minimum atomic E-state index is -0.318. The van der Waals surface area contributed by atoms with Crippen LogP contribution in [0.15, 0.2) is 35.4 Å². The normalized spacial score (nSPS) is 18.0. The molecule has 0 saturated carbocycles. The van der Waals surface area contributed by atoms with Crippen molar-refractivity contribution in [2.75, 3.05) is 6.61 Å². The Bertz CT molecular complexity index is 502. The van der Waals surface area contributed by atoms with Crippen LogP contribution in [0.4, 0.5) is 4.79 Å². The van der Waals surface area contributed by atoms with E-state index in [1.54, 1.807) is 5.01 Å². The van der Waals surface area contributed by atoms with Crippen molar-refractivity contribution in [2.45, 2.75) is 38.6 Å². The summed E-state index contributed by atoms with van der Waals surface area (Å²) in [6, 6.07) is 10.6. The second kappa shape index (κ2) is 7.62. The average molecular weight is 353 g/mol. The van der Waals surface area contributed by atoms with Crippen LogP contribution in [0.2, 0.25) is 5.32 Å². The zero-order chi connectivity index (χ0) is 15.2. The van der Waals surface area contributed by atoms with Gasteiger partial charge in [0.15, 0.2) is 0 Å². The van der Waals surface area contributed by atoms with Crippen LogP contribution in [0, 0.1) is 5.92 Å². The van der Waals surface area contributed by atoms with E-state index >= 15 is 0 Å². The van der Waals surface area contributed by atoms with Gasteiger partial charge in [-0.1, -0.05) is 0 Å². The van der Waals surface area contributed by atoms with Gasteiger partial charge in [-0.05, 0) is 0 Å². The SMILES string of the molecule is CCOC(=O)N1N=C(C(C)C)CC1C[Se]c1ccccc1. The zero-order valence-corrected chi connectivity index (χ0v) is 14.5. The predicted octanol–water partition coefficient (Wildman–Crippen LogP) is 2.68. The third-order valence-electron chi connectivity index (χ3n) is 3.33. The van der Waals surface area contributed by atoms with E-state index in [1.807, 2.05) is 13.0 Å². The van der Waals surface area contributed by atoms with Gasteiger partial charge >= 0.3 is 132 Å². The van der Waals surface area contributed by atoms with Gasteiger partial charge in [0, 0.05) is 0 Å². The number of carbonyl (C=O) groups excluding carboxylic acids is 1. The average Bonchev–Trinajstić information content (AvgIpc) is 2.91. The van der Waals surface area contributed by atoms with Crippen molar-refractivity contribution < 1.29 is 9.53 Å². The number of hydrogen-bond acceptors (Lipinski definition) is 3. The molecule has 1 aromatic rings. The molecule has 1 aromatic carbocycles. The summed E-state index contributed by atoms with van der Waals surface area (Å²) in [5.74, 6) is 0.371. The Kier molecular flexibility index (Phi) is 5.83. The Morgan fingerprint density at radius 3 is 2.76 bits per heavy atom. The molecule has 0 saturated heterocycles. The van der Waals surface area contributed by atoms with Crippen molar-refractivity contribution in [3.05, 3.63) is 30.3 Å². The van der Waals surface area contributed by atoms with Crippen LogP contribution in [0.3, 0.4) is 0 Å². The van der Waals surface area contributed by atoms with Gasteiger partial charge in [-0.3, -0.25) is 0 Å². The molecular weight excluding hydrogens is 331 g/mol. The molecule has 0 spiro atoms. The third-order valence-corrected chi connectivity index (χ3v) is 5.76. The first kappa shape index (κ1) is 16.1. The van der Waals surface area contributed by atoms with Gasteiger partial charge in [-0.2, -0.15) is 0 Å². The number of rotatable bonds is 5. The van der Waals surface area contributed by atoms with Crippen molar-refractivity contribution >= 4 is 31.2 Å². The maximum absolute atomic E-state index is 12.0. The number of benzene rings is 1. The first-order valence-electron chi connectivity index (χ1n) is 7.33. The molecule has 0 aromatic heterocycles. The molecule has 21 heavy (non-hydrogen) atoms. The van der Waals surface area contributed by atoms with Gasteiger partial charge in [-0.25, -0.2) is 0 Å². The summed E-state index contributed by atoms with van der Waals surface area (Å²) in [6.07, 6.45) is 0.549. The monoisotopic (exact) mass is 354 g/mol. The molecular formula is C16H22N2O2Se. The summed E-state index contributed by atoms with van der Waals surface area (Å²) in [7, 11) is 0. The molecule has 0 N–H and O–H groups in total. The van der Waals surface area contributed by atoms with E-state index in [4.69, 9.17) is 4.74 Å². The predicted molar refractivity (Wildman–Crippen MR) is 86.2 cm³/mol. The summed E-state index contributed by atoms with van der Waals surface area (Å²) < 4.78 is 6.48. The van der Waals surface area contributed by atoms with Crippen molar-refractivity contribution in [1.82, 2.24) is 5.01 Å². The van der Waals surface area contributed by atoms with Crippen molar-refractivity contribution in [1.29, 1.82) is 0 Å². The molecule has 1 aliphatic heterocycles. The minimum absolute atomic E-state index is 0.140. The Balaban J connectivity index is 2.01. The number of hydrogen-bond donors (Lipinski definition) is 0.